The topological polar surface area (TPSA) is 98.9 Å². The Bertz CT molecular complexity index is 876. The molecule has 0 fully saturated rings. The molecular weight excluding hydrogens is 342 g/mol. The normalized spacial score (nSPS) is 12.0. The Morgan fingerprint density at radius 3 is 2.38 bits per heavy atom. The van der Waals surface area contributed by atoms with Crippen molar-refractivity contribution in [3.8, 4) is 0 Å². The lowest BCUT2D eigenvalue weighted by atomic mass is 10.1. The van der Waals surface area contributed by atoms with Gasteiger partial charge in [0.1, 0.15) is 17.5 Å². The highest BCUT2D eigenvalue weighted by Crippen LogP contribution is 2.19. The van der Waals surface area contributed by atoms with Gasteiger partial charge < -0.3 is 0 Å². The molecule has 24 heavy (non-hydrogen) atoms. The summed E-state index contributed by atoms with van der Waals surface area (Å²) in [6.07, 6.45) is 1.49. The minimum atomic E-state index is -3.52. The molecule has 0 spiro atoms. The second kappa shape index (κ2) is 7.22. The average Bonchev–Trinajstić information content (AvgIpc) is 2.88. The molecule has 1 aromatic heterocycles. The van der Waals surface area contributed by atoms with Gasteiger partial charge in [-0.3, -0.25) is 4.98 Å². The van der Waals surface area contributed by atoms with Crippen molar-refractivity contribution >= 4 is 10.0 Å². The molecule has 0 amide bonds. The third-order valence-electron chi connectivity index (χ3n) is 3.41. The number of nitrogens with zero attached hydrogens (tertiary/aromatic N) is 2. The molecular formula is C14H18F2N4O3S. The number of H-pyrrole nitrogens is 2. The summed E-state index contributed by atoms with van der Waals surface area (Å²) in [5.74, 6) is -1.23. The van der Waals surface area contributed by atoms with Crippen LogP contribution in [0.3, 0.4) is 0 Å². The lowest BCUT2D eigenvalue weighted by Crippen LogP contribution is -2.30. The zero-order valence-electron chi connectivity index (χ0n) is 13.3. The number of hydrogen-bond acceptors (Lipinski definition) is 4. The molecule has 2 aromatic rings. The van der Waals surface area contributed by atoms with Gasteiger partial charge in [0, 0.05) is 25.1 Å². The van der Waals surface area contributed by atoms with Crippen molar-refractivity contribution in [2.75, 3.05) is 12.8 Å². The highest BCUT2D eigenvalue weighted by molar-refractivity contribution is 7.88. The van der Waals surface area contributed by atoms with Crippen molar-refractivity contribution < 1.29 is 17.2 Å². The van der Waals surface area contributed by atoms with Gasteiger partial charge in [-0.05, 0) is 24.1 Å². The van der Waals surface area contributed by atoms with Crippen molar-refractivity contribution in [3.63, 3.8) is 0 Å². The van der Waals surface area contributed by atoms with Crippen LogP contribution in [-0.4, -0.2) is 40.7 Å². The summed E-state index contributed by atoms with van der Waals surface area (Å²) in [7, 11) is -3.52. The maximum Gasteiger partial charge on any atom is 0.340 e. The number of nitrogens with one attached hydrogen (secondary N) is 2. The molecule has 0 unspecified atom stereocenters. The Hall–Kier alpha value is -2.07. The molecule has 132 valence electrons. The molecule has 0 aliphatic carbocycles. The van der Waals surface area contributed by atoms with Gasteiger partial charge in [0.05, 0.1) is 6.26 Å². The predicted molar refractivity (Wildman–Crippen MR) is 83.9 cm³/mol. The lowest BCUT2D eigenvalue weighted by molar-refractivity contribution is 0.400. The summed E-state index contributed by atoms with van der Waals surface area (Å²) in [5, 5.41) is 5.78. The Kier molecular flexibility index (Phi) is 5.50. The van der Waals surface area contributed by atoms with E-state index in [1.54, 1.807) is 6.92 Å². The molecule has 0 aliphatic heterocycles. The van der Waals surface area contributed by atoms with Crippen LogP contribution in [0.25, 0.3) is 0 Å². The number of hydrogen-bond donors (Lipinski definition) is 2. The van der Waals surface area contributed by atoms with Gasteiger partial charge >= 0.3 is 5.69 Å². The summed E-state index contributed by atoms with van der Waals surface area (Å²) in [5.41, 5.74) is -0.572. The Balaban J connectivity index is 2.27. The summed E-state index contributed by atoms with van der Waals surface area (Å²) < 4.78 is 52.9. The lowest BCUT2D eigenvalue weighted by Gasteiger charge is -2.20. The SMILES string of the molecule is CCCN(Cc1cc(F)c(Cc2n[nH]c(=O)[nH]2)cc1F)S(C)(=O)=O. The Morgan fingerprint density at radius 2 is 1.83 bits per heavy atom. The quantitative estimate of drug-likeness (QED) is 0.773. The second-order valence-electron chi connectivity index (χ2n) is 5.43. The number of aromatic nitrogens is 3. The van der Waals surface area contributed by atoms with E-state index in [9.17, 15) is 22.0 Å². The summed E-state index contributed by atoms with van der Waals surface area (Å²) in [4.78, 5) is 13.3. The van der Waals surface area contributed by atoms with Crippen LogP contribution in [0, 0.1) is 11.6 Å². The molecule has 2 rings (SSSR count). The van der Waals surface area contributed by atoms with Crippen LogP contribution in [-0.2, 0) is 23.0 Å². The minimum absolute atomic E-state index is 0.0143. The van der Waals surface area contributed by atoms with Gasteiger partial charge in [-0.25, -0.2) is 27.1 Å². The zero-order valence-corrected chi connectivity index (χ0v) is 14.1. The van der Waals surface area contributed by atoms with E-state index in [0.717, 1.165) is 22.7 Å². The summed E-state index contributed by atoms with van der Waals surface area (Å²) in [6, 6.07) is 1.97. The van der Waals surface area contributed by atoms with E-state index in [1.807, 2.05) is 0 Å². The first-order valence-electron chi connectivity index (χ1n) is 7.26. The maximum atomic E-state index is 14.2. The monoisotopic (exact) mass is 360 g/mol. The molecule has 0 bridgehead atoms. The third kappa shape index (κ3) is 4.48. The third-order valence-corrected chi connectivity index (χ3v) is 4.66. The average molecular weight is 360 g/mol. The van der Waals surface area contributed by atoms with Gasteiger partial charge in [-0.1, -0.05) is 6.92 Å². The van der Waals surface area contributed by atoms with Crippen LogP contribution in [0.5, 0.6) is 0 Å². The van der Waals surface area contributed by atoms with Crippen LogP contribution >= 0.6 is 0 Å². The first-order chi connectivity index (χ1) is 11.2. The molecule has 0 atom stereocenters. The van der Waals surface area contributed by atoms with Crippen LogP contribution in [0.2, 0.25) is 0 Å². The molecule has 10 heteroatoms. The molecule has 0 radical (unpaired) electrons. The molecule has 0 saturated heterocycles. The number of aromatic amines is 2. The number of sulfonamides is 1. The van der Waals surface area contributed by atoms with E-state index in [4.69, 9.17) is 0 Å². The standard InChI is InChI=1S/C14H18F2N4O3S/c1-3-4-20(24(2,22)23)8-10-6-11(15)9(5-12(10)16)7-13-17-14(21)19-18-13/h5-6H,3-4,7-8H2,1-2H3,(H2,17,18,19,21). The second-order valence-corrected chi connectivity index (χ2v) is 7.42. The summed E-state index contributed by atoms with van der Waals surface area (Å²) in [6.45, 7) is 1.77. The van der Waals surface area contributed by atoms with Gasteiger partial charge in [0.25, 0.3) is 0 Å². The van der Waals surface area contributed by atoms with Crippen LogP contribution in [0.1, 0.15) is 30.3 Å². The number of rotatable bonds is 7. The first kappa shape index (κ1) is 18.3. The van der Waals surface area contributed by atoms with Crippen LogP contribution < -0.4 is 5.69 Å². The zero-order chi connectivity index (χ0) is 17.9. The van der Waals surface area contributed by atoms with E-state index in [2.05, 4.69) is 15.2 Å². The van der Waals surface area contributed by atoms with Crippen molar-refractivity contribution in [1.82, 2.24) is 19.5 Å². The van der Waals surface area contributed by atoms with Crippen LogP contribution in [0.4, 0.5) is 8.78 Å². The summed E-state index contributed by atoms with van der Waals surface area (Å²) >= 11 is 0. The van der Waals surface area contributed by atoms with Crippen molar-refractivity contribution in [2.24, 2.45) is 0 Å². The highest BCUT2D eigenvalue weighted by Gasteiger charge is 2.19. The van der Waals surface area contributed by atoms with E-state index in [0.29, 0.717) is 6.42 Å². The fraction of sp³-hybridized carbons (Fsp3) is 0.429. The van der Waals surface area contributed by atoms with E-state index in [-0.39, 0.29) is 36.5 Å². The van der Waals surface area contributed by atoms with Gasteiger partial charge in [0.2, 0.25) is 10.0 Å². The van der Waals surface area contributed by atoms with Crippen molar-refractivity contribution in [2.45, 2.75) is 26.3 Å². The minimum Gasteiger partial charge on any atom is -0.293 e. The maximum absolute atomic E-state index is 14.2. The van der Waals surface area contributed by atoms with E-state index < -0.39 is 27.3 Å². The van der Waals surface area contributed by atoms with Crippen molar-refractivity contribution in [3.05, 3.63) is 51.2 Å². The van der Waals surface area contributed by atoms with E-state index in [1.165, 1.54) is 0 Å². The van der Waals surface area contributed by atoms with E-state index >= 15 is 0 Å². The number of halogens is 2. The first-order valence-corrected chi connectivity index (χ1v) is 9.11. The molecule has 0 saturated carbocycles. The number of benzene rings is 1. The van der Waals surface area contributed by atoms with Crippen LogP contribution in [0.15, 0.2) is 16.9 Å². The van der Waals surface area contributed by atoms with Gasteiger partial charge in [-0.2, -0.15) is 9.40 Å². The van der Waals surface area contributed by atoms with Gasteiger partial charge in [-0.15, -0.1) is 0 Å². The fourth-order valence-corrected chi connectivity index (χ4v) is 3.14. The fourth-order valence-electron chi connectivity index (χ4n) is 2.26. The highest BCUT2D eigenvalue weighted by atomic mass is 32.2. The Morgan fingerprint density at radius 1 is 1.21 bits per heavy atom. The molecule has 0 aliphatic rings. The van der Waals surface area contributed by atoms with Crippen molar-refractivity contribution in [1.29, 1.82) is 0 Å². The largest absolute Gasteiger partial charge is 0.340 e. The smallest absolute Gasteiger partial charge is 0.293 e. The molecule has 1 aromatic carbocycles. The molecule has 7 nitrogen and oxygen atoms in total. The Labute approximate surface area is 137 Å². The molecule has 2 N–H and O–H groups in total. The molecule has 1 heterocycles. The van der Waals surface area contributed by atoms with Gasteiger partial charge in [0.15, 0.2) is 0 Å². The predicted octanol–water partition coefficient (Wildman–Crippen LogP) is 1.14.